The van der Waals surface area contributed by atoms with Crippen molar-refractivity contribution < 1.29 is 13.2 Å². The second kappa shape index (κ2) is 7.74. The van der Waals surface area contributed by atoms with E-state index in [0.29, 0.717) is 6.54 Å². The van der Waals surface area contributed by atoms with E-state index in [-0.39, 0.29) is 6.04 Å². The van der Waals surface area contributed by atoms with Crippen molar-refractivity contribution in [1.82, 2.24) is 13.9 Å². The summed E-state index contributed by atoms with van der Waals surface area (Å²) in [6, 6.07) is 1.30. The summed E-state index contributed by atoms with van der Waals surface area (Å²) in [5.74, 6) is 0. The molecular weight excluding hydrogens is 388 g/mol. The first-order chi connectivity index (χ1) is 13.7. The first-order valence-corrected chi connectivity index (χ1v) is 11.8. The minimum Gasteiger partial charge on any atom is -0.307 e. The normalized spacial score (nSPS) is 21.7. The van der Waals surface area contributed by atoms with E-state index in [0.717, 1.165) is 56.3 Å². The van der Waals surface area contributed by atoms with Crippen LogP contribution in [0.4, 0.5) is 10.5 Å². The first-order valence-electron chi connectivity index (χ1n) is 10.3. The minimum atomic E-state index is -3.95. The van der Waals surface area contributed by atoms with Crippen LogP contribution in [0.3, 0.4) is 0 Å². The molecule has 2 N–H and O–H groups in total. The van der Waals surface area contributed by atoms with Crippen molar-refractivity contribution in [1.29, 1.82) is 0 Å². The van der Waals surface area contributed by atoms with Crippen LogP contribution >= 0.6 is 0 Å². The molecule has 0 radical (unpaired) electrons. The lowest BCUT2D eigenvalue weighted by Crippen LogP contribution is -2.51. The monoisotopic (exact) mass is 418 g/mol. The van der Waals surface area contributed by atoms with Gasteiger partial charge in [-0.25, -0.2) is 9.52 Å². The molecule has 0 fully saturated rings. The Morgan fingerprint density at radius 3 is 2.34 bits per heavy atom. The third-order valence-corrected chi connectivity index (χ3v) is 7.75. The number of anilines is 1. The van der Waals surface area contributed by atoms with E-state index in [2.05, 4.69) is 21.0 Å². The summed E-state index contributed by atoms with van der Waals surface area (Å²) in [6.07, 6.45) is 8.04. The van der Waals surface area contributed by atoms with Crippen LogP contribution in [0.25, 0.3) is 0 Å². The number of benzene rings is 1. The van der Waals surface area contributed by atoms with Crippen molar-refractivity contribution in [2.75, 3.05) is 32.5 Å². The number of nitrogens with one attached hydrogen (secondary N) is 2. The molecule has 8 heteroatoms. The number of amides is 2. The third-order valence-electron chi connectivity index (χ3n) is 6.27. The molecule has 1 aliphatic heterocycles. The number of hydrogen-bond donors (Lipinski definition) is 2. The fourth-order valence-corrected chi connectivity index (χ4v) is 5.85. The molecule has 158 valence electrons. The molecule has 1 aromatic carbocycles. The Kier molecular flexibility index (Phi) is 5.44. The molecule has 1 heterocycles. The van der Waals surface area contributed by atoms with E-state index >= 15 is 0 Å². The van der Waals surface area contributed by atoms with Crippen molar-refractivity contribution in [2.45, 2.75) is 51.5 Å². The zero-order valence-electron chi connectivity index (χ0n) is 17.4. The third kappa shape index (κ3) is 4.06. The van der Waals surface area contributed by atoms with Crippen LogP contribution < -0.4 is 10.0 Å². The fraction of sp³-hybridized carbons (Fsp3) is 0.571. The summed E-state index contributed by atoms with van der Waals surface area (Å²) in [5.41, 5.74) is 6.92. The molecule has 3 aliphatic rings. The van der Waals surface area contributed by atoms with Gasteiger partial charge in [0.2, 0.25) is 0 Å². The van der Waals surface area contributed by atoms with Crippen molar-refractivity contribution >= 4 is 21.9 Å². The Balaban J connectivity index is 1.51. The van der Waals surface area contributed by atoms with Gasteiger partial charge in [-0.2, -0.15) is 12.7 Å². The van der Waals surface area contributed by atoms with Crippen molar-refractivity contribution in [3.05, 3.63) is 40.0 Å². The average molecular weight is 419 g/mol. The molecule has 1 atom stereocenters. The molecule has 1 aromatic rings. The average Bonchev–Trinajstić information content (AvgIpc) is 3.28. The molecule has 29 heavy (non-hydrogen) atoms. The lowest BCUT2D eigenvalue weighted by Gasteiger charge is -2.33. The van der Waals surface area contributed by atoms with Crippen molar-refractivity contribution in [3.8, 4) is 0 Å². The highest BCUT2D eigenvalue weighted by molar-refractivity contribution is 7.87. The molecule has 0 bridgehead atoms. The SMILES string of the molecule is CC1=CC(N(C)S(=O)(=O)NC(=O)Nc2c3c(cc4c2CCC4)CCC3)CN(C)C1. The van der Waals surface area contributed by atoms with Crippen LogP contribution in [0.1, 0.15) is 42.0 Å². The number of carbonyl (C=O) groups excluding carboxylic acids is 1. The Labute approximate surface area is 173 Å². The molecular formula is C21H30N4O3S. The summed E-state index contributed by atoms with van der Waals surface area (Å²) < 4.78 is 29.1. The minimum absolute atomic E-state index is 0.302. The quantitative estimate of drug-likeness (QED) is 0.735. The number of rotatable bonds is 4. The highest BCUT2D eigenvalue weighted by Gasteiger charge is 2.31. The fourth-order valence-electron chi connectivity index (χ4n) is 4.94. The van der Waals surface area contributed by atoms with Gasteiger partial charge in [-0.1, -0.05) is 17.7 Å². The maximum atomic E-state index is 12.8. The number of nitrogens with zero attached hydrogens (tertiary/aromatic N) is 2. The van der Waals surface area contributed by atoms with Crippen LogP contribution in [0.15, 0.2) is 17.7 Å². The Hall–Kier alpha value is -1.90. The highest BCUT2D eigenvalue weighted by atomic mass is 32.2. The molecule has 0 spiro atoms. The molecule has 2 aliphatic carbocycles. The van der Waals surface area contributed by atoms with Gasteiger partial charge in [0.05, 0.1) is 6.04 Å². The van der Waals surface area contributed by atoms with Gasteiger partial charge < -0.3 is 10.2 Å². The van der Waals surface area contributed by atoms with E-state index in [4.69, 9.17) is 0 Å². The maximum absolute atomic E-state index is 12.8. The second-order valence-corrected chi connectivity index (χ2v) is 10.3. The van der Waals surface area contributed by atoms with Gasteiger partial charge in [0.25, 0.3) is 0 Å². The van der Waals surface area contributed by atoms with Crippen LogP contribution in [0.5, 0.6) is 0 Å². The Bertz CT molecular complexity index is 938. The predicted molar refractivity (Wildman–Crippen MR) is 114 cm³/mol. The van der Waals surface area contributed by atoms with E-state index < -0.39 is 16.2 Å². The lowest BCUT2D eigenvalue weighted by molar-refractivity contribution is 0.253. The van der Waals surface area contributed by atoms with Crippen molar-refractivity contribution in [3.63, 3.8) is 0 Å². The van der Waals surface area contributed by atoms with Gasteiger partial charge in [0.1, 0.15) is 0 Å². The number of hydrogen-bond acceptors (Lipinski definition) is 4. The molecule has 7 nitrogen and oxygen atoms in total. The Morgan fingerprint density at radius 2 is 1.76 bits per heavy atom. The maximum Gasteiger partial charge on any atom is 0.333 e. The number of likely N-dealkylation sites (N-methyl/N-ethyl adjacent to an activating group) is 2. The molecule has 4 rings (SSSR count). The zero-order valence-corrected chi connectivity index (χ0v) is 18.2. The van der Waals surface area contributed by atoms with Gasteiger partial charge >= 0.3 is 16.2 Å². The summed E-state index contributed by atoms with van der Waals surface area (Å²) in [5, 5.41) is 2.89. The van der Waals surface area contributed by atoms with Crippen LogP contribution in [0.2, 0.25) is 0 Å². The summed E-state index contributed by atoms with van der Waals surface area (Å²) in [6.45, 7) is 3.40. The van der Waals surface area contributed by atoms with Gasteiger partial charge in [0, 0.05) is 25.8 Å². The van der Waals surface area contributed by atoms with Crippen LogP contribution in [0, 0.1) is 0 Å². The van der Waals surface area contributed by atoms with E-state index in [1.807, 2.05) is 20.0 Å². The predicted octanol–water partition coefficient (Wildman–Crippen LogP) is 2.22. The summed E-state index contributed by atoms with van der Waals surface area (Å²) in [7, 11) is -0.480. The first kappa shape index (κ1) is 20.4. The van der Waals surface area contributed by atoms with Gasteiger partial charge in [-0.3, -0.25) is 0 Å². The number of carbonyl (C=O) groups is 1. The molecule has 0 saturated carbocycles. The Morgan fingerprint density at radius 1 is 1.14 bits per heavy atom. The van der Waals surface area contributed by atoms with E-state index in [9.17, 15) is 13.2 Å². The number of fused-ring (bicyclic) bond motifs is 2. The van der Waals surface area contributed by atoms with E-state index in [1.54, 1.807) is 0 Å². The summed E-state index contributed by atoms with van der Waals surface area (Å²) in [4.78, 5) is 14.8. The standard InChI is InChI=1S/C21H30N4O3S/c1-14-10-17(13-24(2)12-14)25(3)29(27,28)23-21(26)22-20-18-8-4-6-15(18)11-16-7-5-9-19(16)20/h10-11,17H,4-9,12-13H2,1-3H3,(H2,22,23,26). The van der Waals surface area contributed by atoms with Crippen LogP contribution in [-0.4, -0.2) is 56.9 Å². The molecule has 1 unspecified atom stereocenters. The largest absolute Gasteiger partial charge is 0.333 e. The highest BCUT2D eigenvalue weighted by Crippen LogP contribution is 2.38. The topological polar surface area (TPSA) is 81.8 Å². The van der Waals surface area contributed by atoms with Crippen LogP contribution in [-0.2, 0) is 35.9 Å². The lowest BCUT2D eigenvalue weighted by atomic mass is 9.99. The van der Waals surface area contributed by atoms with Crippen molar-refractivity contribution in [2.24, 2.45) is 0 Å². The molecule has 2 amide bonds. The zero-order chi connectivity index (χ0) is 20.8. The van der Waals surface area contributed by atoms with E-state index in [1.165, 1.54) is 33.6 Å². The number of aryl methyl sites for hydroxylation is 2. The number of urea groups is 1. The molecule has 0 saturated heterocycles. The van der Waals surface area contributed by atoms with Gasteiger partial charge in [-0.15, -0.1) is 0 Å². The van der Waals surface area contributed by atoms with Gasteiger partial charge in [0.15, 0.2) is 0 Å². The second-order valence-electron chi connectivity index (χ2n) is 8.59. The smallest absolute Gasteiger partial charge is 0.307 e. The summed E-state index contributed by atoms with van der Waals surface area (Å²) >= 11 is 0. The van der Waals surface area contributed by atoms with Gasteiger partial charge in [-0.05, 0) is 74.8 Å². The molecule has 0 aromatic heterocycles.